The standard InChI is InChI=1S/C24H32N4O3S/c1-15-6-3-7-19(16(15)2)25-22(30)17-9-10-18-20(14-17)26-24(32)28(23(18)31)13-5-12-27-11-4-8-21(27)29/h9-10,14-16,19H,3-8,11-13H2,1-2H3,(H,25,30)(H,26,32)/t15-,16+,19+/m1/s1. The lowest BCUT2D eigenvalue weighted by atomic mass is 9.78. The molecule has 1 aromatic carbocycles. The van der Waals surface area contributed by atoms with Gasteiger partial charge in [0.25, 0.3) is 11.5 Å². The van der Waals surface area contributed by atoms with Gasteiger partial charge in [-0.05, 0) is 61.5 Å². The second-order valence-corrected chi connectivity index (χ2v) is 9.72. The van der Waals surface area contributed by atoms with E-state index in [2.05, 4.69) is 24.1 Å². The van der Waals surface area contributed by atoms with Crippen LogP contribution in [0.1, 0.15) is 62.7 Å². The van der Waals surface area contributed by atoms with Crippen LogP contribution in [0.2, 0.25) is 0 Å². The van der Waals surface area contributed by atoms with Crippen molar-refractivity contribution in [3.8, 4) is 0 Å². The summed E-state index contributed by atoms with van der Waals surface area (Å²) in [4.78, 5) is 42.6. The van der Waals surface area contributed by atoms with E-state index in [1.165, 1.54) is 6.42 Å². The zero-order valence-corrected chi connectivity index (χ0v) is 19.7. The molecule has 1 saturated heterocycles. The minimum Gasteiger partial charge on any atom is -0.349 e. The number of nitrogens with one attached hydrogen (secondary N) is 2. The lowest BCUT2D eigenvalue weighted by Gasteiger charge is -2.34. The first-order valence-corrected chi connectivity index (χ1v) is 12.1. The van der Waals surface area contributed by atoms with Gasteiger partial charge in [-0.3, -0.25) is 19.0 Å². The number of likely N-dealkylation sites (tertiary alicyclic amines) is 1. The highest BCUT2D eigenvalue weighted by atomic mass is 32.1. The number of amides is 2. The maximum Gasteiger partial charge on any atom is 0.262 e. The van der Waals surface area contributed by atoms with Crippen molar-refractivity contribution in [1.29, 1.82) is 0 Å². The first kappa shape index (κ1) is 22.7. The minimum absolute atomic E-state index is 0.114. The largest absolute Gasteiger partial charge is 0.349 e. The van der Waals surface area contributed by atoms with Gasteiger partial charge in [0.1, 0.15) is 0 Å². The molecule has 1 aliphatic carbocycles. The van der Waals surface area contributed by atoms with Crippen molar-refractivity contribution in [2.45, 2.75) is 65.0 Å². The average Bonchev–Trinajstić information content (AvgIpc) is 3.18. The quantitative estimate of drug-likeness (QED) is 0.650. The third-order valence-corrected chi connectivity index (χ3v) is 7.57. The van der Waals surface area contributed by atoms with Gasteiger partial charge >= 0.3 is 0 Å². The van der Waals surface area contributed by atoms with E-state index in [0.717, 1.165) is 25.8 Å². The van der Waals surface area contributed by atoms with Crippen molar-refractivity contribution in [3.05, 3.63) is 38.9 Å². The highest BCUT2D eigenvalue weighted by Gasteiger charge is 2.28. The summed E-state index contributed by atoms with van der Waals surface area (Å²) >= 11 is 5.43. The van der Waals surface area contributed by atoms with Gasteiger partial charge in [-0.2, -0.15) is 0 Å². The van der Waals surface area contributed by atoms with Gasteiger partial charge in [-0.25, -0.2) is 0 Å². The molecule has 32 heavy (non-hydrogen) atoms. The molecule has 2 N–H and O–H groups in total. The van der Waals surface area contributed by atoms with Crippen LogP contribution in [0, 0.1) is 16.6 Å². The monoisotopic (exact) mass is 456 g/mol. The fourth-order valence-electron chi connectivity index (χ4n) is 5.00. The molecule has 0 bridgehead atoms. The Kier molecular flexibility index (Phi) is 6.79. The molecule has 0 unspecified atom stereocenters. The fourth-order valence-corrected chi connectivity index (χ4v) is 5.28. The number of fused-ring (bicyclic) bond motifs is 1. The molecule has 2 aromatic rings. The normalized spacial score (nSPS) is 23.6. The Hall–Kier alpha value is -2.48. The van der Waals surface area contributed by atoms with Gasteiger partial charge in [0.15, 0.2) is 4.77 Å². The lowest BCUT2D eigenvalue weighted by Crippen LogP contribution is -2.43. The fraction of sp³-hybridized carbons (Fsp3) is 0.583. The van der Waals surface area contributed by atoms with Crippen LogP contribution >= 0.6 is 12.2 Å². The van der Waals surface area contributed by atoms with E-state index < -0.39 is 0 Å². The summed E-state index contributed by atoms with van der Waals surface area (Å²) < 4.78 is 1.88. The van der Waals surface area contributed by atoms with Gasteiger partial charge in [-0.15, -0.1) is 0 Å². The van der Waals surface area contributed by atoms with Crippen molar-refractivity contribution >= 4 is 34.9 Å². The number of hydrogen-bond acceptors (Lipinski definition) is 4. The van der Waals surface area contributed by atoms with E-state index in [-0.39, 0.29) is 23.4 Å². The van der Waals surface area contributed by atoms with Crippen LogP contribution < -0.4 is 10.9 Å². The van der Waals surface area contributed by atoms with Crippen LogP contribution in [0.3, 0.4) is 0 Å². The van der Waals surface area contributed by atoms with E-state index in [9.17, 15) is 14.4 Å². The van der Waals surface area contributed by atoms with Crippen LogP contribution in [0.4, 0.5) is 0 Å². The molecule has 2 aliphatic rings. The molecular weight excluding hydrogens is 424 g/mol. The van der Waals surface area contributed by atoms with Crippen LogP contribution in [-0.2, 0) is 11.3 Å². The lowest BCUT2D eigenvalue weighted by molar-refractivity contribution is -0.127. The summed E-state index contributed by atoms with van der Waals surface area (Å²) in [5.74, 6) is 1.12. The van der Waals surface area contributed by atoms with E-state index in [1.54, 1.807) is 22.8 Å². The number of nitrogens with zero attached hydrogens (tertiary/aromatic N) is 2. The average molecular weight is 457 g/mol. The Morgan fingerprint density at radius 1 is 1.19 bits per heavy atom. The predicted octanol–water partition coefficient (Wildman–Crippen LogP) is 3.63. The summed E-state index contributed by atoms with van der Waals surface area (Å²) in [7, 11) is 0. The number of H-pyrrole nitrogens is 1. The molecule has 3 atom stereocenters. The molecule has 172 valence electrons. The van der Waals surface area contributed by atoms with Crippen molar-refractivity contribution in [2.75, 3.05) is 13.1 Å². The zero-order valence-electron chi connectivity index (χ0n) is 18.9. The van der Waals surface area contributed by atoms with Gasteiger partial charge < -0.3 is 15.2 Å². The number of aromatic nitrogens is 2. The summed E-state index contributed by atoms with van der Waals surface area (Å²) in [5.41, 5.74) is 0.931. The van der Waals surface area contributed by atoms with Crippen molar-refractivity contribution in [1.82, 2.24) is 19.8 Å². The number of carbonyl (C=O) groups is 2. The number of benzene rings is 1. The van der Waals surface area contributed by atoms with E-state index in [0.29, 0.717) is 59.0 Å². The highest BCUT2D eigenvalue weighted by molar-refractivity contribution is 7.71. The van der Waals surface area contributed by atoms with Gasteiger partial charge in [0.05, 0.1) is 10.9 Å². The van der Waals surface area contributed by atoms with E-state index in [1.807, 2.05) is 4.90 Å². The first-order chi connectivity index (χ1) is 15.3. The Balaban J connectivity index is 1.49. The summed E-state index contributed by atoms with van der Waals surface area (Å²) in [6.45, 7) is 6.33. The summed E-state index contributed by atoms with van der Waals surface area (Å²) in [5, 5.41) is 3.69. The second kappa shape index (κ2) is 9.57. The number of rotatable bonds is 6. The number of hydrogen-bond donors (Lipinski definition) is 2. The van der Waals surface area contributed by atoms with Crippen LogP contribution in [0.25, 0.3) is 10.9 Å². The Labute approximate surface area is 193 Å². The number of carbonyl (C=O) groups excluding carboxylic acids is 2. The third kappa shape index (κ3) is 4.65. The van der Waals surface area contributed by atoms with Gasteiger partial charge in [0.2, 0.25) is 5.91 Å². The molecule has 7 nitrogen and oxygen atoms in total. The van der Waals surface area contributed by atoms with E-state index >= 15 is 0 Å². The maximum absolute atomic E-state index is 13.0. The molecule has 0 spiro atoms. The summed E-state index contributed by atoms with van der Waals surface area (Å²) in [6.07, 6.45) is 5.54. The van der Waals surface area contributed by atoms with Crippen LogP contribution in [0.5, 0.6) is 0 Å². The summed E-state index contributed by atoms with van der Waals surface area (Å²) in [6, 6.07) is 5.30. The van der Waals surface area contributed by atoms with Crippen molar-refractivity contribution in [3.63, 3.8) is 0 Å². The first-order valence-electron chi connectivity index (χ1n) is 11.7. The molecule has 1 aliphatic heterocycles. The van der Waals surface area contributed by atoms with Crippen molar-refractivity contribution < 1.29 is 9.59 Å². The second-order valence-electron chi connectivity index (χ2n) is 9.33. The van der Waals surface area contributed by atoms with E-state index in [4.69, 9.17) is 12.2 Å². The molecule has 1 aromatic heterocycles. The SMILES string of the molecule is C[C@H]1[C@H](C)CCC[C@@H]1NC(=O)c1ccc2c(=O)n(CCCN3CCCC3=O)c(=S)[nH]c2c1. The highest BCUT2D eigenvalue weighted by Crippen LogP contribution is 2.29. The van der Waals surface area contributed by atoms with Crippen molar-refractivity contribution in [2.24, 2.45) is 11.8 Å². The third-order valence-electron chi connectivity index (χ3n) is 7.25. The van der Waals surface area contributed by atoms with Gasteiger partial charge in [-0.1, -0.05) is 26.7 Å². The van der Waals surface area contributed by atoms with Gasteiger partial charge in [0, 0.05) is 37.7 Å². The Morgan fingerprint density at radius 2 is 2.00 bits per heavy atom. The molecule has 0 radical (unpaired) electrons. The molecule has 2 amide bonds. The maximum atomic E-state index is 13.0. The smallest absolute Gasteiger partial charge is 0.262 e. The van der Waals surface area contributed by atoms with Crippen LogP contribution in [-0.4, -0.2) is 45.4 Å². The zero-order chi connectivity index (χ0) is 22.8. The Bertz CT molecular complexity index is 1140. The van der Waals surface area contributed by atoms with Crippen LogP contribution in [0.15, 0.2) is 23.0 Å². The predicted molar refractivity (Wildman–Crippen MR) is 127 cm³/mol. The Morgan fingerprint density at radius 3 is 2.75 bits per heavy atom. The molecule has 8 heteroatoms. The topological polar surface area (TPSA) is 87.2 Å². The molecule has 2 heterocycles. The molecule has 2 fully saturated rings. The number of aromatic amines is 1. The molecule has 1 saturated carbocycles. The molecular formula is C24H32N4O3S. The molecule has 4 rings (SSSR count). The minimum atomic E-state index is -0.168.